The largest absolute Gasteiger partial charge is 0.397 e. The number of carbonyl (C=O) groups is 1. The third-order valence-corrected chi connectivity index (χ3v) is 3.46. The van der Waals surface area contributed by atoms with Crippen molar-refractivity contribution in [2.75, 3.05) is 11.1 Å². The molecule has 0 bridgehead atoms. The summed E-state index contributed by atoms with van der Waals surface area (Å²) in [5.41, 5.74) is 7.36. The lowest BCUT2D eigenvalue weighted by Crippen LogP contribution is -2.30. The predicted octanol–water partition coefficient (Wildman–Crippen LogP) is 3.97. The van der Waals surface area contributed by atoms with Gasteiger partial charge in [-0.15, -0.1) is 0 Å². The lowest BCUT2D eigenvalue weighted by Gasteiger charge is -2.24. The molecule has 0 aliphatic heterocycles. The van der Waals surface area contributed by atoms with Crippen LogP contribution in [-0.4, -0.2) is 11.8 Å². The number of nitrogen functional groups attached to an aromatic ring is 1. The Bertz CT molecular complexity index is 444. The summed E-state index contributed by atoms with van der Waals surface area (Å²) >= 11 is 5.97. The Labute approximate surface area is 120 Å². The smallest absolute Gasteiger partial charge is 0.137 e. The van der Waals surface area contributed by atoms with E-state index in [1.807, 2.05) is 13.8 Å². The molecule has 3 N–H and O–H groups in total. The molecule has 19 heavy (non-hydrogen) atoms. The molecule has 1 rings (SSSR count). The van der Waals surface area contributed by atoms with Crippen LogP contribution in [0.25, 0.3) is 0 Å². The first-order chi connectivity index (χ1) is 8.81. The molecule has 0 radical (unpaired) electrons. The van der Waals surface area contributed by atoms with Crippen LogP contribution in [0.4, 0.5) is 11.4 Å². The Kier molecular flexibility index (Phi) is 5.67. The maximum Gasteiger partial charge on any atom is 0.137 e. The number of Topliss-reactive ketones (excluding diaryl/α,β-unsaturated/α-hetero) is 1. The highest BCUT2D eigenvalue weighted by Crippen LogP contribution is 2.26. The van der Waals surface area contributed by atoms with Crippen LogP contribution in [0.3, 0.4) is 0 Å². The highest BCUT2D eigenvalue weighted by atomic mass is 35.5. The van der Waals surface area contributed by atoms with Gasteiger partial charge in [0.05, 0.1) is 11.4 Å². The number of halogens is 1. The van der Waals surface area contributed by atoms with Crippen LogP contribution in [-0.2, 0) is 4.79 Å². The Hall–Kier alpha value is -1.22. The van der Waals surface area contributed by atoms with Crippen LogP contribution in [0.1, 0.15) is 34.1 Å². The van der Waals surface area contributed by atoms with E-state index in [1.165, 1.54) is 0 Å². The number of rotatable bonds is 6. The Morgan fingerprint density at radius 3 is 2.47 bits per heavy atom. The minimum atomic E-state index is 0.0553. The minimum absolute atomic E-state index is 0.0553. The summed E-state index contributed by atoms with van der Waals surface area (Å²) in [6, 6.07) is 5.39. The molecule has 106 valence electrons. The van der Waals surface area contributed by atoms with Crippen molar-refractivity contribution >= 4 is 28.8 Å². The zero-order valence-corrected chi connectivity index (χ0v) is 12.8. The highest BCUT2D eigenvalue weighted by molar-refractivity contribution is 6.31. The van der Waals surface area contributed by atoms with Crippen LogP contribution < -0.4 is 11.1 Å². The number of ketones is 1. The zero-order valence-electron chi connectivity index (χ0n) is 12.0. The van der Waals surface area contributed by atoms with Crippen molar-refractivity contribution in [3.05, 3.63) is 23.2 Å². The number of hydrogen-bond acceptors (Lipinski definition) is 3. The molecule has 1 aromatic rings. The van der Waals surface area contributed by atoms with Gasteiger partial charge in [-0.1, -0.05) is 39.3 Å². The topological polar surface area (TPSA) is 55.1 Å². The van der Waals surface area contributed by atoms with Crippen molar-refractivity contribution in [1.82, 2.24) is 0 Å². The van der Waals surface area contributed by atoms with E-state index in [2.05, 4.69) is 19.2 Å². The fourth-order valence-corrected chi connectivity index (χ4v) is 1.93. The monoisotopic (exact) mass is 282 g/mol. The zero-order chi connectivity index (χ0) is 14.6. The molecule has 0 saturated carbocycles. The second kappa shape index (κ2) is 6.80. The van der Waals surface area contributed by atoms with Gasteiger partial charge in [0.15, 0.2) is 0 Å². The predicted molar refractivity (Wildman–Crippen MR) is 82.6 cm³/mol. The summed E-state index contributed by atoms with van der Waals surface area (Å²) in [4.78, 5) is 11.9. The van der Waals surface area contributed by atoms with Gasteiger partial charge in [0.25, 0.3) is 0 Å². The quantitative estimate of drug-likeness (QED) is 0.776. The number of carbonyl (C=O) groups excluding carboxylic acids is 1. The van der Waals surface area contributed by atoms with E-state index in [0.717, 1.165) is 5.69 Å². The molecule has 0 fully saturated rings. The lowest BCUT2D eigenvalue weighted by molar-refractivity contribution is -0.122. The molecular weight excluding hydrogens is 260 g/mol. The molecule has 4 heteroatoms. The van der Waals surface area contributed by atoms with Crippen LogP contribution in [0, 0.1) is 11.8 Å². The lowest BCUT2D eigenvalue weighted by atomic mass is 9.94. The SMILES string of the molecule is CC(C)C(=O)C[C@H](Nc1cc(Cl)ccc1N)C(C)C. The summed E-state index contributed by atoms with van der Waals surface area (Å²) in [5, 5.41) is 3.98. The molecule has 0 heterocycles. The number of nitrogens with one attached hydrogen (secondary N) is 1. The van der Waals surface area contributed by atoms with Gasteiger partial charge in [-0.3, -0.25) is 4.79 Å². The molecule has 1 atom stereocenters. The Balaban J connectivity index is 2.84. The first kappa shape index (κ1) is 15.8. The van der Waals surface area contributed by atoms with Crippen molar-refractivity contribution in [3.63, 3.8) is 0 Å². The molecule has 0 saturated heterocycles. The summed E-state index contributed by atoms with van der Waals surface area (Å²) in [6.07, 6.45) is 0.501. The third-order valence-electron chi connectivity index (χ3n) is 3.23. The molecule has 0 unspecified atom stereocenters. The summed E-state index contributed by atoms with van der Waals surface area (Å²) in [5.74, 6) is 0.646. The molecule has 0 spiro atoms. The maximum absolute atomic E-state index is 11.9. The molecule has 3 nitrogen and oxygen atoms in total. The van der Waals surface area contributed by atoms with Gasteiger partial charge in [0, 0.05) is 23.4 Å². The van der Waals surface area contributed by atoms with Crippen LogP contribution >= 0.6 is 11.6 Å². The summed E-state index contributed by atoms with van der Waals surface area (Å²) < 4.78 is 0. The van der Waals surface area contributed by atoms with Gasteiger partial charge in [-0.05, 0) is 24.1 Å². The van der Waals surface area contributed by atoms with Gasteiger partial charge in [0.1, 0.15) is 5.78 Å². The maximum atomic E-state index is 11.9. The molecule has 1 aromatic carbocycles. The Morgan fingerprint density at radius 2 is 1.95 bits per heavy atom. The second-order valence-electron chi connectivity index (χ2n) is 5.55. The average Bonchev–Trinajstić information content (AvgIpc) is 2.32. The van der Waals surface area contributed by atoms with Gasteiger partial charge in [-0.2, -0.15) is 0 Å². The molecule has 0 aliphatic carbocycles. The van der Waals surface area contributed by atoms with E-state index < -0.39 is 0 Å². The first-order valence-corrected chi connectivity index (χ1v) is 7.03. The number of nitrogens with two attached hydrogens (primary N) is 1. The van der Waals surface area contributed by atoms with E-state index >= 15 is 0 Å². The fraction of sp³-hybridized carbons (Fsp3) is 0.533. The van der Waals surface area contributed by atoms with Crippen LogP contribution in [0.5, 0.6) is 0 Å². The fourth-order valence-electron chi connectivity index (χ4n) is 1.76. The standard InChI is InChI=1S/C15H23ClN2O/c1-9(2)13(8-15(19)10(3)4)18-14-7-11(16)5-6-12(14)17/h5-7,9-10,13,18H,8,17H2,1-4H3/t13-/m0/s1. The van der Waals surface area contributed by atoms with Gasteiger partial charge < -0.3 is 11.1 Å². The van der Waals surface area contributed by atoms with Crippen LogP contribution in [0.2, 0.25) is 5.02 Å². The number of benzene rings is 1. The van der Waals surface area contributed by atoms with E-state index in [0.29, 0.717) is 23.0 Å². The molecule has 0 aromatic heterocycles. The van der Waals surface area contributed by atoms with E-state index in [1.54, 1.807) is 18.2 Å². The number of hydrogen-bond donors (Lipinski definition) is 2. The second-order valence-corrected chi connectivity index (χ2v) is 5.99. The van der Waals surface area contributed by atoms with Gasteiger partial charge >= 0.3 is 0 Å². The van der Waals surface area contributed by atoms with Crippen molar-refractivity contribution in [2.24, 2.45) is 11.8 Å². The average molecular weight is 283 g/mol. The minimum Gasteiger partial charge on any atom is -0.397 e. The third kappa shape index (κ3) is 4.75. The van der Waals surface area contributed by atoms with E-state index in [4.69, 9.17) is 17.3 Å². The molecule has 0 amide bonds. The molecular formula is C15H23ClN2O. The van der Waals surface area contributed by atoms with Crippen LogP contribution in [0.15, 0.2) is 18.2 Å². The van der Waals surface area contributed by atoms with E-state index in [9.17, 15) is 4.79 Å². The van der Waals surface area contributed by atoms with Gasteiger partial charge in [-0.25, -0.2) is 0 Å². The highest BCUT2D eigenvalue weighted by Gasteiger charge is 2.20. The Morgan fingerprint density at radius 1 is 1.32 bits per heavy atom. The van der Waals surface area contributed by atoms with Gasteiger partial charge in [0.2, 0.25) is 0 Å². The molecule has 0 aliphatic rings. The van der Waals surface area contributed by atoms with E-state index in [-0.39, 0.29) is 17.7 Å². The van der Waals surface area contributed by atoms with Crippen molar-refractivity contribution < 1.29 is 4.79 Å². The van der Waals surface area contributed by atoms with Crippen molar-refractivity contribution in [1.29, 1.82) is 0 Å². The van der Waals surface area contributed by atoms with Crippen molar-refractivity contribution in [2.45, 2.75) is 40.2 Å². The normalized spacial score (nSPS) is 12.8. The van der Waals surface area contributed by atoms with Crippen molar-refractivity contribution in [3.8, 4) is 0 Å². The summed E-state index contributed by atoms with van der Waals surface area (Å²) in [7, 11) is 0. The number of anilines is 2. The first-order valence-electron chi connectivity index (χ1n) is 6.65. The summed E-state index contributed by atoms with van der Waals surface area (Å²) in [6.45, 7) is 8.03.